The van der Waals surface area contributed by atoms with Crippen molar-refractivity contribution in [1.82, 2.24) is 0 Å². The summed E-state index contributed by atoms with van der Waals surface area (Å²) in [5.74, 6) is -7.22. The van der Waals surface area contributed by atoms with Crippen molar-refractivity contribution in [2.45, 2.75) is 37.4 Å². The Morgan fingerprint density at radius 3 is 2.58 bits per heavy atom. The van der Waals surface area contributed by atoms with Crippen molar-refractivity contribution in [3.8, 4) is 5.75 Å². The molecule has 1 saturated carbocycles. The SMILES string of the molecule is NC(=O)C1=C(N=O)C[C@@H]2C[C@@H]3Cc4c(NC(=O)C5CC=NO5)ccc(O)c4C(O)=C3C(=O)[C@]2(O)C1=O. The zero-order valence-electron chi connectivity index (χ0n) is 18.6. The minimum atomic E-state index is -2.74. The molecule has 2 amide bonds. The Kier molecular flexibility index (Phi) is 5.25. The highest BCUT2D eigenvalue weighted by atomic mass is 16.6. The van der Waals surface area contributed by atoms with Gasteiger partial charge in [-0.2, -0.15) is 0 Å². The number of benzene rings is 1. The Hall–Kier alpha value is -4.39. The largest absolute Gasteiger partial charge is 0.507 e. The minimum Gasteiger partial charge on any atom is -0.507 e. The van der Waals surface area contributed by atoms with E-state index in [4.69, 9.17) is 10.6 Å². The number of hydrogen-bond donors (Lipinski definition) is 5. The van der Waals surface area contributed by atoms with Crippen LogP contribution in [0.15, 0.2) is 39.3 Å². The maximum Gasteiger partial charge on any atom is 0.268 e. The van der Waals surface area contributed by atoms with Gasteiger partial charge in [0, 0.05) is 36.2 Å². The second-order valence-electron chi connectivity index (χ2n) is 9.09. The Labute approximate surface area is 202 Å². The lowest BCUT2D eigenvalue weighted by molar-refractivity contribution is -0.157. The van der Waals surface area contributed by atoms with Gasteiger partial charge in [0.15, 0.2) is 5.60 Å². The molecule has 5 rings (SSSR count). The number of carbonyl (C=O) groups excluding carboxylic acids is 4. The van der Waals surface area contributed by atoms with Gasteiger partial charge in [0.05, 0.1) is 5.56 Å². The maximum atomic E-state index is 13.5. The molecule has 1 aromatic rings. The third kappa shape index (κ3) is 3.16. The number of allylic oxidation sites excluding steroid dienone is 1. The van der Waals surface area contributed by atoms with Crippen LogP contribution in [0.25, 0.3) is 5.76 Å². The highest BCUT2D eigenvalue weighted by Crippen LogP contribution is 2.52. The number of fused-ring (bicyclic) bond motifs is 3. The van der Waals surface area contributed by atoms with Gasteiger partial charge in [-0.3, -0.25) is 19.2 Å². The Morgan fingerprint density at radius 1 is 1.19 bits per heavy atom. The summed E-state index contributed by atoms with van der Waals surface area (Å²) in [6.45, 7) is 0. The monoisotopic (exact) mass is 496 g/mol. The van der Waals surface area contributed by atoms with E-state index in [2.05, 4.69) is 15.6 Å². The summed E-state index contributed by atoms with van der Waals surface area (Å²) in [4.78, 5) is 67.2. The van der Waals surface area contributed by atoms with Crippen LogP contribution in [0.1, 0.15) is 30.4 Å². The first-order chi connectivity index (χ1) is 17.1. The maximum absolute atomic E-state index is 13.5. The zero-order chi connectivity index (χ0) is 25.9. The summed E-state index contributed by atoms with van der Waals surface area (Å²) in [6.07, 6.45) is 0.511. The number of nitroso groups, excluding NO2 is 1. The first-order valence-corrected chi connectivity index (χ1v) is 11.0. The molecule has 6 N–H and O–H groups in total. The number of nitrogens with zero attached hydrogens (tertiary/aromatic N) is 2. The normalized spacial score (nSPS) is 28.8. The highest BCUT2D eigenvalue weighted by Gasteiger charge is 2.61. The van der Waals surface area contributed by atoms with Gasteiger partial charge in [-0.1, -0.05) is 5.16 Å². The van der Waals surface area contributed by atoms with E-state index in [1.54, 1.807) is 0 Å². The van der Waals surface area contributed by atoms with Gasteiger partial charge < -0.3 is 31.2 Å². The van der Waals surface area contributed by atoms with E-state index >= 15 is 0 Å². The van der Waals surface area contributed by atoms with Crippen molar-refractivity contribution in [3.63, 3.8) is 0 Å². The number of oxime groups is 1. The molecule has 13 heteroatoms. The van der Waals surface area contributed by atoms with Crippen molar-refractivity contribution < 1.29 is 39.3 Å². The van der Waals surface area contributed by atoms with Crippen LogP contribution in [-0.4, -0.2) is 56.6 Å². The summed E-state index contributed by atoms with van der Waals surface area (Å²) in [5, 5.41) is 41.8. The summed E-state index contributed by atoms with van der Waals surface area (Å²) >= 11 is 0. The van der Waals surface area contributed by atoms with E-state index in [1.807, 2.05) is 0 Å². The average molecular weight is 496 g/mol. The average Bonchev–Trinajstić information content (AvgIpc) is 3.37. The number of amides is 2. The second kappa shape index (κ2) is 8.09. The number of phenolic OH excluding ortho intramolecular Hbond substituents is 1. The number of nitrogens with two attached hydrogens (primary N) is 1. The lowest BCUT2D eigenvalue weighted by Crippen LogP contribution is -2.61. The number of aromatic hydroxyl groups is 1. The van der Waals surface area contributed by atoms with E-state index in [0.717, 1.165) is 0 Å². The van der Waals surface area contributed by atoms with Crippen molar-refractivity contribution in [2.24, 2.45) is 27.9 Å². The van der Waals surface area contributed by atoms with Crippen LogP contribution in [0.5, 0.6) is 5.75 Å². The van der Waals surface area contributed by atoms with Gasteiger partial charge in [-0.15, -0.1) is 4.91 Å². The number of Topliss-reactive ketones (excluding diaryl/α,β-unsaturated/α-hetero) is 2. The van der Waals surface area contributed by atoms with E-state index in [0.29, 0.717) is 5.56 Å². The van der Waals surface area contributed by atoms with Gasteiger partial charge in [0.25, 0.3) is 11.8 Å². The molecular formula is C23H20N4O9. The fourth-order valence-electron chi connectivity index (χ4n) is 5.48. The molecule has 1 aromatic carbocycles. The van der Waals surface area contributed by atoms with Gasteiger partial charge in [0.2, 0.25) is 17.7 Å². The summed E-state index contributed by atoms with van der Waals surface area (Å²) in [7, 11) is 0. The quantitative estimate of drug-likeness (QED) is 0.168. The molecule has 1 unspecified atom stereocenters. The third-order valence-corrected chi connectivity index (χ3v) is 7.18. The predicted octanol–water partition coefficient (Wildman–Crippen LogP) is 0.345. The Balaban J connectivity index is 1.58. The molecule has 1 fully saturated rings. The molecule has 4 atom stereocenters. The van der Waals surface area contributed by atoms with Crippen molar-refractivity contribution in [2.75, 3.05) is 5.32 Å². The number of ketones is 2. The fourth-order valence-corrected chi connectivity index (χ4v) is 5.48. The number of aliphatic hydroxyl groups is 2. The second-order valence-corrected chi connectivity index (χ2v) is 9.09. The van der Waals surface area contributed by atoms with Crippen LogP contribution in [-0.2, 0) is 30.4 Å². The number of rotatable bonds is 4. The summed E-state index contributed by atoms with van der Waals surface area (Å²) in [6, 6.07) is 2.64. The van der Waals surface area contributed by atoms with Crippen LogP contribution in [0.4, 0.5) is 5.69 Å². The number of primary amides is 1. The number of nitrogens with one attached hydrogen (secondary N) is 1. The van der Waals surface area contributed by atoms with Crippen molar-refractivity contribution in [3.05, 3.63) is 45.0 Å². The first-order valence-electron chi connectivity index (χ1n) is 11.0. The lowest BCUT2D eigenvalue weighted by Gasteiger charge is -2.45. The molecular weight excluding hydrogens is 476 g/mol. The molecule has 0 saturated heterocycles. The Bertz CT molecular complexity index is 1350. The Morgan fingerprint density at radius 2 is 1.94 bits per heavy atom. The molecule has 4 aliphatic rings. The molecule has 13 nitrogen and oxygen atoms in total. The van der Waals surface area contributed by atoms with Gasteiger partial charge in [-0.25, -0.2) is 0 Å². The highest BCUT2D eigenvalue weighted by molar-refractivity contribution is 6.32. The number of anilines is 1. The number of carbonyl (C=O) groups is 4. The minimum absolute atomic E-state index is 0.0412. The van der Waals surface area contributed by atoms with Crippen LogP contribution in [0, 0.1) is 16.7 Å². The summed E-state index contributed by atoms with van der Waals surface area (Å²) in [5.41, 5.74) is 1.32. The van der Waals surface area contributed by atoms with Crippen LogP contribution < -0.4 is 11.1 Å². The molecule has 0 radical (unpaired) electrons. The van der Waals surface area contributed by atoms with Crippen LogP contribution >= 0.6 is 0 Å². The summed E-state index contributed by atoms with van der Waals surface area (Å²) < 4.78 is 0. The number of phenols is 1. The van der Waals surface area contributed by atoms with Crippen molar-refractivity contribution in [1.29, 1.82) is 0 Å². The molecule has 36 heavy (non-hydrogen) atoms. The van der Waals surface area contributed by atoms with E-state index in [9.17, 15) is 39.4 Å². The smallest absolute Gasteiger partial charge is 0.268 e. The van der Waals surface area contributed by atoms with Crippen molar-refractivity contribution >= 4 is 41.0 Å². The number of aliphatic hydroxyl groups excluding tert-OH is 1. The first kappa shape index (κ1) is 23.4. The molecule has 1 heterocycles. The molecule has 0 aromatic heterocycles. The predicted molar refractivity (Wildman–Crippen MR) is 121 cm³/mol. The molecule has 0 bridgehead atoms. The van der Waals surface area contributed by atoms with E-state index in [-0.39, 0.29) is 42.5 Å². The van der Waals surface area contributed by atoms with Gasteiger partial charge in [-0.05, 0) is 41.6 Å². The van der Waals surface area contributed by atoms with Crippen LogP contribution in [0.2, 0.25) is 0 Å². The van der Waals surface area contributed by atoms with Crippen LogP contribution in [0.3, 0.4) is 0 Å². The van der Waals surface area contributed by atoms with E-state index < -0.39 is 69.7 Å². The van der Waals surface area contributed by atoms with Gasteiger partial charge in [0.1, 0.15) is 22.8 Å². The molecule has 186 valence electrons. The molecule has 1 aliphatic heterocycles. The lowest BCUT2D eigenvalue weighted by atomic mass is 9.58. The van der Waals surface area contributed by atoms with E-state index in [1.165, 1.54) is 18.3 Å². The zero-order valence-corrected chi connectivity index (χ0v) is 18.6. The van der Waals surface area contributed by atoms with Gasteiger partial charge >= 0.3 is 0 Å². The molecule has 3 aliphatic carbocycles. The topological polar surface area (TPSA) is 218 Å². The fraction of sp³-hybridized carbons (Fsp3) is 0.348. The standard InChI is InChI=1S/C23H20N4O9/c24-21(32)17-12(27-35)7-9-5-8-6-10-11(26-22(33)14-3-4-25-36-14)1-2-13(28)16(10)18(29)15(8)19(30)23(9,34)20(17)31/h1-2,4,8-9,14,28-29,34H,3,5-7H2,(H2,24,32)(H,26,33)/t8-,9+,14?,23+/m1/s1. The number of hydrogen-bond acceptors (Lipinski definition) is 11. The third-order valence-electron chi connectivity index (χ3n) is 7.18. The molecule has 0 spiro atoms.